The minimum Gasteiger partial charge on any atom is -0.361 e. The summed E-state index contributed by atoms with van der Waals surface area (Å²) in [5.74, 6) is -0.165. The Kier molecular flexibility index (Phi) is 3.92. The SMILES string of the molecule is O=C(/C=C/c1c[nH]c2ccccc12)N/C=C\c1c[nH]c2ccccc12. The lowest BCUT2D eigenvalue weighted by molar-refractivity contribution is -0.115. The molecule has 1 amide bonds. The molecule has 4 nitrogen and oxygen atoms in total. The highest BCUT2D eigenvalue weighted by Crippen LogP contribution is 2.19. The van der Waals surface area contributed by atoms with Gasteiger partial charge in [-0.25, -0.2) is 0 Å². The second-order valence-electron chi connectivity index (χ2n) is 5.75. The topological polar surface area (TPSA) is 60.7 Å². The number of carbonyl (C=O) groups is 1. The van der Waals surface area contributed by atoms with Gasteiger partial charge in [0.25, 0.3) is 0 Å². The maximum atomic E-state index is 12.0. The molecule has 0 fully saturated rings. The quantitative estimate of drug-likeness (QED) is 0.477. The van der Waals surface area contributed by atoms with Gasteiger partial charge in [-0.3, -0.25) is 4.79 Å². The van der Waals surface area contributed by atoms with Crippen LogP contribution in [0.25, 0.3) is 34.0 Å². The van der Waals surface area contributed by atoms with Crippen LogP contribution in [0, 0.1) is 0 Å². The van der Waals surface area contributed by atoms with E-state index in [0.29, 0.717) is 0 Å². The van der Waals surface area contributed by atoms with Gasteiger partial charge in [0.1, 0.15) is 0 Å². The van der Waals surface area contributed by atoms with Crippen LogP contribution in [0.5, 0.6) is 0 Å². The Bertz CT molecular complexity index is 1100. The number of nitrogens with one attached hydrogen (secondary N) is 3. The number of H-pyrrole nitrogens is 2. The smallest absolute Gasteiger partial charge is 0.247 e. The number of carbonyl (C=O) groups excluding carboxylic acids is 1. The summed E-state index contributed by atoms with van der Waals surface area (Å²) in [6, 6.07) is 16.1. The van der Waals surface area contributed by atoms with Crippen molar-refractivity contribution in [3.05, 3.63) is 84.3 Å². The van der Waals surface area contributed by atoms with Crippen LogP contribution in [0.2, 0.25) is 0 Å². The molecule has 0 spiro atoms. The molecule has 0 saturated carbocycles. The fraction of sp³-hybridized carbons (Fsp3) is 0. The zero-order valence-electron chi connectivity index (χ0n) is 13.5. The van der Waals surface area contributed by atoms with Gasteiger partial charge in [-0.15, -0.1) is 0 Å². The third-order valence-corrected chi connectivity index (χ3v) is 4.15. The van der Waals surface area contributed by atoms with Crippen molar-refractivity contribution >= 4 is 39.9 Å². The van der Waals surface area contributed by atoms with Gasteiger partial charge in [0.05, 0.1) is 0 Å². The Morgan fingerprint density at radius 2 is 1.36 bits per heavy atom. The van der Waals surface area contributed by atoms with E-state index >= 15 is 0 Å². The average Bonchev–Trinajstić information content (AvgIpc) is 3.24. The lowest BCUT2D eigenvalue weighted by atomic mass is 10.1. The zero-order valence-corrected chi connectivity index (χ0v) is 13.5. The lowest BCUT2D eigenvalue weighted by Crippen LogP contribution is -2.12. The minimum absolute atomic E-state index is 0.165. The first-order chi connectivity index (χ1) is 12.3. The number of aromatic nitrogens is 2. The Morgan fingerprint density at radius 1 is 0.800 bits per heavy atom. The van der Waals surface area contributed by atoms with Crippen molar-refractivity contribution < 1.29 is 4.79 Å². The van der Waals surface area contributed by atoms with Crippen molar-refractivity contribution in [2.24, 2.45) is 0 Å². The molecule has 0 aliphatic rings. The van der Waals surface area contributed by atoms with Gasteiger partial charge in [0.15, 0.2) is 0 Å². The molecule has 4 aromatic rings. The summed E-state index contributed by atoms with van der Waals surface area (Å²) in [5.41, 5.74) is 4.16. The van der Waals surface area contributed by atoms with Crippen molar-refractivity contribution in [3.63, 3.8) is 0 Å². The summed E-state index contributed by atoms with van der Waals surface area (Å²) in [6.45, 7) is 0. The van der Waals surface area contributed by atoms with E-state index in [1.165, 1.54) is 6.08 Å². The Labute approximate surface area is 144 Å². The van der Waals surface area contributed by atoms with E-state index in [2.05, 4.69) is 15.3 Å². The lowest BCUT2D eigenvalue weighted by Gasteiger charge is -1.94. The molecule has 0 aliphatic heterocycles. The molecular formula is C21H17N3O. The van der Waals surface area contributed by atoms with E-state index in [0.717, 1.165) is 32.9 Å². The van der Waals surface area contributed by atoms with Crippen molar-refractivity contribution in [1.29, 1.82) is 0 Å². The van der Waals surface area contributed by atoms with Crippen LogP contribution < -0.4 is 5.32 Å². The first kappa shape index (κ1) is 15.0. The average molecular weight is 327 g/mol. The molecule has 0 unspecified atom stereocenters. The summed E-state index contributed by atoms with van der Waals surface area (Å²) < 4.78 is 0. The Hall–Kier alpha value is -3.53. The highest BCUT2D eigenvalue weighted by Gasteiger charge is 2.01. The molecule has 3 N–H and O–H groups in total. The largest absolute Gasteiger partial charge is 0.361 e. The summed E-state index contributed by atoms with van der Waals surface area (Å²) in [5, 5.41) is 4.99. The van der Waals surface area contributed by atoms with Gasteiger partial charge in [-0.05, 0) is 29.8 Å². The number of para-hydroxylation sites is 2. The Morgan fingerprint density at radius 3 is 2.00 bits per heavy atom. The standard InChI is InChI=1S/C21H17N3O/c25-21(10-9-15-13-23-19-7-3-1-5-17(15)19)22-12-11-16-14-24-20-8-4-2-6-18(16)20/h1-14,23-24H,(H,22,25)/b10-9+,12-11-. The minimum atomic E-state index is -0.165. The molecule has 4 heteroatoms. The predicted molar refractivity (Wildman–Crippen MR) is 103 cm³/mol. The van der Waals surface area contributed by atoms with Crippen molar-refractivity contribution in [2.45, 2.75) is 0 Å². The highest BCUT2D eigenvalue weighted by atomic mass is 16.1. The number of amides is 1. The number of aromatic amines is 2. The molecule has 0 radical (unpaired) electrons. The summed E-state index contributed by atoms with van der Waals surface area (Å²) in [6.07, 6.45) is 10.7. The van der Waals surface area contributed by atoms with Crippen molar-refractivity contribution in [2.75, 3.05) is 0 Å². The van der Waals surface area contributed by atoms with E-state index in [4.69, 9.17) is 0 Å². The molecule has 2 heterocycles. The van der Waals surface area contributed by atoms with E-state index in [1.54, 1.807) is 6.20 Å². The van der Waals surface area contributed by atoms with Crippen LogP contribution in [0.4, 0.5) is 0 Å². The van der Waals surface area contributed by atoms with Gasteiger partial charge >= 0.3 is 0 Å². The third-order valence-electron chi connectivity index (χ3n) is 4.15. The van der Waals surface area contributed by atoms with E-state index < -0.39 is 0 Å². The molecule has 0 aliphatic carbocycles. The fourth-order valence-electron chi connectivity index (χ4n) is 2.89. The summed E-state index contributed by atoms with van der Waals surface area (Å²) in [7, 11) is 0. The van der Waals surface area contributed by atoms with Crippen LogP contribution >= 0.6 is 0 Å². The first-order valence-electron chi connectivity index (χ1n) is 8.08. The first-order valence-corrected chi connectivity index (χ1v) is 8.08. The number of hydrogen-bond donors (Lipinski definition) is 3. The maximum absolute atomic E-state index is 12.0. The van der Waals surface area contributed by atoms with Crippen LogP contribution in [-0.4, -0.2) is 15.9 Å². The number of fused-ring (bicyclic) bond motifs is 2. The fourth-order valence-corrected chi connectivity index (χ4v) is 2.89. The Balaban J connectivity index is 1.44. The van der Waals surface area contributed by atoms with E-state index in [1.807, 2.05) is 73.1 Å². The summed E-state index contributed by atoms with van der Waals surface area (Å²) >= 11 is 0. The van der Waals surface area contributed by atoms with Crippen LogP contribution in [-0.2, 0) is 4.79 Å². The van der Waals surface area contributed by atoms with E-state index in [9.17, 15) is 4.79 Å². The van der Waals surface area contributed by atoms with Crippen LogP contribution in [0.1, 0.15) is 11.1 Å². The van der Waals surface area contributed by atoms with Crippen LogP contribution in [0.15, 0.2) is 73.2 Å². The monoisotopic (exact) mass is 327 g/mol. The van der Waals surface area contributed by atoms with Crippen molar-refractivity contribution in [1.82, 2.24) is 15.3 Å². The molecule has 2 aromatic heterocycles. The molecular weight excluding hydrogens is 310 g/mol. The number of hydrogen-bond acceptors (Lipinski definition) is 1. The van der Waals surface area contributed by atoms with Gasteiger partial charge in [-0.1, -0.05) is 36.4 Å². The zero-order chi connectivity index (χ0) is 17.1. The van der Waals surface area contributed by atoms with Gasteiger partial charge in [-0.2, -0.15) is 0 Å². The molecule has 4 rings (SSSR count). The molecule has 25 heavy (non-hydrogen) atoms. The third kappa shape index (κ3) is 3.10. The van der Waals surface area contributed by atoms with Gasteiger partial charge in [0, 0.05) is 52.0 Å². The normalized spacial score (nSPS) is 11.8. The van der Waals surface area contributed by atoms with Crippen molar-refractivity contribution in [3.8, 4) is 0 Å². The number of benzene rings is 2. The summed E-state index contributed by atoms with van der Waals surface area (Å²) in [4.78, 5) is 18.4. The molecule has 2 aromatic carbocycles. The van der Waals surface area contributed by atoms with E-state index in [-0.39, 0.29) is 5.91 Å². The highest BCUT2D eigenvalue weighted by molar-refractivity contribution is 5.97. The molecule has 0 bridgehead atoms. The maximum Gasteiger partial charge on any atom is 0.247 e. The predicted octanol–water partition coefficient (Wildman–Crippen LogP) is 4.45. The molecule has 0 atom stereocenters. The molecule has 0 saturated heterocycles. The van der Waals surface area contributed by atoms with Gasteiger partial charge < -0.3 is 15.3 Å². The second kappa shape index (κ2) is 6.53. The van der Waals surface area contributed by atoms with Gasteiger partial charge in [0.2, 0.25) is 5.91 Å². The number of rotatable bonds is 4. The molecule has 122 valence electrons. The van der Waals surface area contributed by atoms with Crippen LogP contribution in [0.3, 0.4) is 0 Å². The second-order valence-corrected chi connectivity index (χ2v) is 5.75.